The highest BCUT2D eigenvalue weighted by Gasteiger charge is 2.46. The zero-order valence-electron chi connectivity index (χ0n) is 20.2. The molecule has 2 heterocycles. The van der Waals surface area contributed by atoms with Crippen LogP contribution in [0.15, 0.2) is 54.6 Å². The smallest absolute Gasteiger partial charge is 0.338 e. The number of carbonyl (C=O) groups is 4. The van der Waals surface area contributed by atoms with Gasteiger partial charge in [0, 0.05) is 32.6 Å². The monoisotopic (exact) mass is 477 g/mol. The van der Waals surface area contributed by atoms with E-state index >= 15 is 0 Å². The van der Waals surface area contributed by atoms with Crippen molar-refractivity contribution < 1.29 is 23.9 Å². The molecule has 8 heteroatoms. The van der Waals surface area contributed by atoms with Gasteiger partial charge in [0.25, 0.3) is 5.91 Å². The van der Waals surface area contributed by atoms with Crippen LogP contribution in [0.5, 0.6) is 0 Å². The van der Waals surface area contributed by atoms with Crippen molar-refractivity contribution in [2.24, 2.45) is 0 Å². The molecule has 0 radical (unpaired) electrons. The maximum Gasteiger partial charge on any atom is 0.338 e. The number of amides is 3. The Kier molecular flexibility index (Phi) is 7.60. The quantitative estimate of drug-likeness (QED) is 0.450. The first kappa shape index (κ1) is 24.6. The first-order valence-corrected chi connectivity index (χ1v) is 12.1. The van der Waals surface area contributed by atoms with E-state index in [0.717, 1.165) is 37.4 Å². The van der Waals surface area contributed by atoms with Gasteiger partial charge in [0.05, 0.1) is 24.3 Å². The summed E-state index contributed by atoms with van der Waals surface area (Å²) in [6.07, 6.45) is 1.46. The molecule has 2 aromatic rings. The molecule has 4 rings (SSSR count). The topological polar surface area (TPSA) is 87.2 Å². The van der Waals surface area contributed by atoms with Gasteiger partial charge in [-0.3, -0.25) is 19.3 Å². The fourth-order valence-corrected chi connectivity index (χ4v) is 4.99. The summed E-state index contributed by atoms with van der Waals surface area (Å²) in [6, 6.07) is 15.5. The van der Waals surface area contributed by atoms with E-state index in [0.29, 0.717) is 11.3 Å². The van der Waals surface area contributed by atoms with Crippen LogP contribution in [-0.2, 0) is 25.7 Å². The molecule has 2 saturated heterocycles. The Hall–Kier alpha value is -3.52. The SMILES string of the molecule is CCOC(=O)c1ccc(N2C(=O)CC(N(C(C)=O)C3CCN(Cc4ccccc4)CC3)C2=O)cc1. The van der Waals surface area contributed by atoms with E-state index in [-0.39, 0.29) is 30.9 Å². The van der Waals surface area contributed by atoms with Crippen molar-refractivity contribution in [3.8, 4) is 0 Å². The van der Waals surface area contributed by atoms with E-state index in [2.05, 4.69) is 17.0 Å². The Morgan fingerprint density at radius 3 is 2.26 bits per heavy atom. The molecule has 8 nitrogen and oxygen atoms in total. The molecular weight excluding hydrogens is 446 g/mol. The first-order valence-electron chi connectivity index (χ1n) is 12.1. The van der Waals surface area contributed by atoms with Crippen LogP contribution in [0.1, 0.15) is 49.0 Å². The summed E-state index contributed by atoms with van der Waals surface area (Å²) in [6.45, 7) is 5.93. The fourth-order valence-electron chi connectivity index (χ4n) is 4.99. The van der Waals surface area contributed by atoms with Crippen LogP contribution in [0, 0.1) is 0 Å². The van der Waals surface area contributed by atoms with Crippen molar-refractivity contribution in [1.29, 1.82) is 0 Å². The zero-order valence-corrected chi connectivity index (χ0v) is 20.2. The summed E-state index contributed by atoms with van der Waals surface area (Å²) in [5.41, 5.74) is 1.98. The highest BCUT2D eigenvalue weighted by atomic mass is 16.5. The first-order chi connectivity index (χ1) is 16.9. The number of nitrogens with zero attached hydrogens (tertiary/aromatic N) is 3. The predicted octanol–water partition coefficient (Wildman–Crippen LogP) is 3.01. The van der Waals surface area contributed by atoms with E-state index in [1.807, 2.05) is 18.2 Å². The van der Waals surface area contributed by atoms with E-state index < -0.39 is 17.9 Å². The molecule has 0 N–H and O–H groups in total. The third-order valence-corrected chi connectivity index (χ3v) is 6.66. The zero-order chi connectivity index (χ0) is 24.9. The number of ether oxygens (including phenoxy) is 1. The van der Waals surface area contributed by atoms with Gasteiger partial charge in [-0.1, -0.05) is 30.3 Å². The molecule has 0 spiro atoms. The molecule has 2 aliphatic rings. The number of rotatable bonds is 7. The molecule has 184 valence electrons. The van der Waals surface area contributed by atoms with Crippen molar-refractivity contribution in [2.75, 3.05) is 24.6 Å². The number of hydrogen-bond donors (Lipinski definition) is 0. The summed E-state index contributed by atoms with van der Waals surface area (Å²) < 4.78 is 4.98. The van der Waals surface area contributed by atoms with Crippen molar-refractivity contribution in [1.82, 2.24) is 9.80 Å². The van der Waals surface area contributed by atoms with Crippen LogP contribution in [-0.4, -0.2) is 65.3 Å². The average molecular weight is 478 g/mol. The van der Waals surface area contributed by atoms with E-state index in [9.17, 15) is 19.2 Å². The predicted molar refractivity (Wildman–Crippen MR) is 131 cm³/mol. The Labute approximate surface area is 205 Å². The Bertz CT molecular complexity index is 1080. The van der Waals surface area contributed by atoms with Gasteiger partial charge in [-0.05, 0) is 49.6 Å². The molecule has 0 aliphatic carbocycles. The number of piperidine rings is 1. The highest BCUT2D eigenvalue weighted by Crippen LogP contribution is 2.30. The van der Waals surface area contributed by atoms with Gasteiger partial charge in [0.1, 0.15) is 6.04 Å². The Balaban J connectivity index is 1.43. The summed E-state index contributed by atoms with van der Waals surface area (Å²) in [4.78, 5) is 55.8. The van der Waals surface area contributed by atoms with Crippen molar-refractivity contribution in [3.05, 3.63) is 65.7 Å². The summed E-state index contributed by atoms with van der Waals surface area (Å²) in [5, 5.41) is 0. The van der Waals surface area contributed by atoms with Gasteiger partial charge < -0.3 is 9.64 Å². The molecule has 0 aromatic heterocycles. The van der Waals surface area contributed by atoms with Crippen molar-refractivity contribution >= 4 is 29.4 Å². The minimum absolute atomic E-state index is 0.0394. The van der Waals surface area contributed by atoms with Crippen LogP contribution in [0.2, 0.25) is 0 Å². The number of anilines is 1. The number of hydrogen-bond acceptors (Lipinski definition) is 6. The van der Waals surface area contributed by atoms with E-state index in [1.165, 1.54) is 24.6 Å². The minimum atomic E-state index is -0.810. The van der Waals surface area contributed by atoms with Crippen LogP contribution >= 0.6 is 0 Å². The maximum atomic E-state index is 13.3. The average Bonchev–Trinajstić information content (AvgIpc) is 3.14. The Morgan fingerprint density at radius 2 is 1.66 bits per heavy atom. The second kappa shape index (κ2) is 10.8. The minimum Gasteiger partial charge on any atom is -0.462 e. The van der Waals surface area contributed by atoms with Crippen LogP contribution < -0.4 is 4.90 Å². The molecule has 1 unspecified atom stereocenters. The number of esters is 1. The molecule has 3 amide bonds. The van der Waals surface area contributed by atoms with Crippen LogP contribution in [0.3, 0.4) is 0 Å². The second-order valence-corrected chi connectivity index (χ2v) is 8.97. The lowest BCUT2D eigenvalue weighted by atomic mass is 9.99. The van der Waals surface area contributed by atoms with Gasteiger partial charge in [-0.25, -0.2) is 9.69 Å². The third-order valence-electron chi connectivity index (χ3n) is 6.66. The second-order valence-electron chi connectivity index (χ2n) is 8.97. The fraction of sp³-hybridized carbons (Fsp3) is 0.407. The van der Waals surface area contributed by atoms with Gasteiger partial charge in [0.2, 0.25) is 11.8 Å². The molecule has 0 saturated carbocycles. The molecule has 2 aliphatic heterocycles. The van der Waals surface area contributed by atoms with Crippen molar-refractivity contribution in [3.63, 3.8) is 0 Å². The lowest BCUT2D eigenvalue weighted by Crippen LogP contribution is -2.53. The molecule has 1 atom stereocenters. The van der Waals surface area contributed by atoms with Crippen LogP contribution in [0.25, 0.3) is 0 Å². The number of benzene rings is 2. The third kappa shape index (κ3) is 5.43. The number of carbonyl (C=O) groups excluding carboxylic acids is 4. The number of imide groups is 1. The van der Waals surface area contributed by atoms with Crippen LogP contribution in [0.4, 0.5) is 5.69 Å². The molecule has 0 bridgehead atoms. The van der Waals surface area contributed by atoms with Gasteiger partial charge >= 0.3 is 5.97 Å². The lowest BCUT2D eigenvalue weighted by Gasteiger charge is -2.40. The highest BCUT2D eigenvalue weighted by molar-refractivity contribution is 6.23. The van der Waals surface area contributed by atoms with Crippen molar-refractivity contribution in [2.45, 2.75) is 51.7 Å². The summed E-state index contributed by atoms with van der Waals surface area (Å²) in [7, 11) is 0. The summed E-state index contributed by atoms with van der Waals surface area (Å²) >= 11 is 0. The molecule has 35 heavy (non-hydrogen) atoms. The maximum absolute atomic E-state index is 13.3. The number of likely N-dealkylation sites (tertiary alicyclic amines) is 1. The Morgan fingerprint density at radius 1 is 1.00 bits per heavy atom. The standard InChI is InChI=1S/C27H31N3O5/c1-3-35-27(34)21-9-11-22(12-10-21)30-25(32)17-24(26(30)33)29(19(2)31)23-13-15-28(16-14-23)18-20-7-5-4-6-8-20/h4-12,23-24H,3,13-18H2,1-2H3. The van der Waals surface area contributed by atoms with Gasteiger partial charge in [-0.2, -0.15) is 0 Å². The normalized spacial score (nSPS) is 19.1. The molecular formula is C27H31N3O5. The molecule has 2 aromatic carbocycles. The van der Waals surface area contributed by atoms with Gasteiger partial charge in [0.15, 0.2) is 0 Å². The molecule has 2 fully saturated rings. The van der Waals surface area contributed by atoms with E-state index in [1.54, 1.807) is 24.0 Å². The van der Waals surface area contributed by atoms with E-state index in [4.69, 9.17) is 4.74 Å². The van der Waals surface area contributed by atoms with Gasteiger partial charge in [-0.15, -0.1) is 0 Å². The lowest BCUT2D eigenvalue weighted by molar-refractivity contribution is -0.140. The largest absolute Gasteiger partial charge is 0.462 e. The summed E-state index contributed by atoms with van der Waals surface area (Å²) in [5.74, 6) is -1.41.